The molecule has 2 unspecified atom stereocenters. The summed E-state index contributed by atoms with van der Waals surface area (Å²) in [6.07, 6.45) is -0.297. The number of halogens is 2. The summed E-state index contributed by atoms with van der Waals surface area (Å²) >= 11 is 12.2. The average Bonchev–Trinajstić information content (AvgIpc) is 3.51. The minimum atomic E-state index is -1.60. The number of nitrogen functional groups attached to an aromatic ring is 1. The maximum absolute atomic E-state index is 11.8. The summed E-state index contributed by atoms with van der Waals surface area (Å²) in [5.74, 6) is 0. The summed E-state index contributed by atoms with van der Waals surface area (Å²) in [5.41, 5.74) is 9.50. The molecule has 4 N–H and O–H groups in total. The third-order valence-electron chi connectivity index (χ3n) is 6.62. The van der Waals surface area contributed by atoms with Crippen molar-refractivity contribution in [3.8, 4) is 22.5 Å². The zero-order chi connectivity index (χ0) is 28.1. The first-order valence-electron chi connectivity index (χ1n) is 12.0. The fourth-order valence-corrected chi connectivity index (χ4v) is 5.00. The molecule has 200 valence electrons. The minimum Gasteiger partial charge on any atom is -0.398 e. The number of anilines is 1. The molecule has 10 nitrogen and oxygen atoms in total. The van der Waals surface area contributed by atoms with Crippen LogP contribution in [0.3, 0.4) is 0 Å². The van der Waals surface area contributed by atoms with E-state index in [0.29, 0.717) is 49.5 Å². The highest BCUT2D eigenvalue weighted by Gasteiger charge is 2.33. The zero-order valence-corrected chi connectivity index (χ0v) is 22.0. The third kappa shape index (κ3) is 4.42. The molecule has 12 heteroatoms. The Kier molecular flexibility index (Phi) is 6.40. The van der Waals surface area contributed by atoms with Crippen LogP contribution in [0.5, 0.6) is 0 Å². The molecule has 40 heavy (non-hydrogen) atoms. The Morgan fingerprint density at radius 1 is 0.725 bits per heavy atom. The van der Waals surface area contributed by atoms with Gasteiger partial charge in [-0.15, -0.1) is 0 Å². The Morgan fingerprint density at radius 2 is 1.18 bits per heavy atom. The monoisotopic (exact) mass is 574 g/mol. The first-order valence-corrected chi connectivity index (χ1v) is 12.8. The van der Waals surface area contributed by atoms with Gasteiger partial charge in [-0.2, -0.15) is 0 Å². The highest BCUT2D eigenvalue weighted by molar-refractivity contribution is 6.30. The number of rotatable bonds is 6. The molecule has 0 aliphatic heterocycles. The van der Waals surface area contributed by atoms with Crippen molar-refractivity contribution in [2.45, 2.75) is 12.2 Å². The number of aliphatic hydroxyl groups is 2. The zero-order valence-electron chi connectivity index (χ0n) is 20.5. The van der Waals surface area contributed by atoms with Crippen LogP contribution < -0.4 is 5.73 Å². The van der Waals surface area contributed by atoms with E-state index >= 15 is 0 Å². The van der Waals surface area contributed by atoms with Crippen molar-refractivity contribution in [2.24, 2.45) is 0 Å². The van der Waals surface area contributed by atoms with Gasteiger partial charge in [-0.25, -0.2) is 9.97 Å². The summed E-state index contributed by atoms with van der Waals surface area (Å²) in [5, 5.41) is 36.2. The van der Waals surface area contributed by atoms with Gasteiger partial charge in [0.15, 0.2) is 0 Å². The van der Waals surface area contributed by atoms with Gasteiger partial charge in [0.2, 0.25) is 0 Å². The number of pyridine rings is 2. The molecule has 0 spiro atoms. The molecule has 4 aromatic heterocycles. The summed E-state index contributed by atoms with van der Waals surface area (Å²) in [7, 11) is 0. The van der Waals surface area contributed by atoms with Crippen molar-refractivity contribution < 1.29 is 15.1 Å². The number of nitro groups is 1. The van der Waals surface area contributed by atoms with E-state index in [9.17, 15) is 20.3 Å². The van der Waals surface area contributed by atoms with Gasteiger partial charge in [0.25, 0.3) is 5.69 Å². The fourth-order valence-electron chi connectivity index (χ4n) is 4.74. The molecule has 6 rings (SSSR count). The van der Waals surface area contributed by atoms with Gasteiger partial charge in [0, 0.05) is 39.1 Å². The second-order valence-corrected chi connectivity index (χ2v) is 10.0. The molecule has 0 saturated heterocycles. The van der Waals surface area contributed by atoms with Crippen LogP contribution in [0.2, 0.25) is 10.0 Å². The molecular weight excluding hydrogens is 555 g/mol. The Bertz CT molecular complexity index is 1900. The van der Waals surface area contributed by atoms with Crippen LogP contribution in [-0.4, -0.2) is 33.9 Å². The number of benzene rings is 2. The number of aliphatic hydroxyl groups excluding tert-OH is 2. The van der Waals surface area contributed by atoms with Crippen molar-refractivity contribution in [1.29, 1.82) is 0 Å². The Hall–Kier alpha value is -4.48. The lowest BCUT2D eigenvalue weighted by atomic mass is 9.99. The Labute approximate surface area is 236 Å². The SMILES string of the molecule is Nc1ccc2nc(-c3ccc(Cl)cc3)c(C(O)C(O)c3c(-c4ccc(Cl)cc4)nc4ccc([N+](=O)[O-])cn34)n2c1. The van der Waals surface area contributed by atoms with Crippen LogP contribution in [0.4, 0.5) is 11.4 Å². The van der Waals surface area contributed by atoms with Crippen molar-refractivity contribution in [2.75, 3.05) is 5.73 Å². The molecule has 0 fully saturated rings. The van der Waals surface area contributed by atoms with Gasteiger partial charge in [-0.3, -0.25) is 18.9 Å². The van der Waals surface area contributed by atoms with Crippen molar-refractivity contribution >= 4 is 45.9 Å². The van der Waals surface area contributed by atoms with Crippen LogP contribution in [-0.2, 0) is 0 Å². The standard InChI is InChI=1S/C28H20Cl2N6O4/c29-17-5-1-15(2-6-17)23-25(34-13-19(31)9-11-21(34)32-23)27(37)28(38)26-24(16-3-7-18(30)8-4-16)33-22-12-10-20(36(39)40)14-35(22)26/h1-14,27-28,37-38H,31H2. The predicted molar refractivity (Wildman–Crippen MR) is 152 cm³/mol. The Balaban J connectivity index is 1.58. The normalized spacial score (nSPS) is 13.1. The number of fused-ring (bicyclic) bond motifs is 2. The van der Waals surface area contributed by atoms with Crippen molar-refractivity contribution in [3.05, 3.63) is 117 Å². The van der Waals surface area contributed by atoms with Crippen LogP contribution >= 0.6 is 23.2 Å². The van der Waals surface area contributed by atoms with E-state index in [2.05, 4.69) is 4.98 Å². The summed E-state index contributed by atoms with van der Waals surface area (Å²) in [6.45, 7) is 0. The average molecular weight is 575 g/mol. The lowest BCUT2D eigenvalue weighted by Crippen LogP contribution is -2.16. The second-order valence-electron chi connectivity index (χ2n) is 9.16. The van der Waals surface area contributed by atoms with E-state index in [0.717, 1.165) is 0 Å². The summed E-state index contributed by atoms with van der Waals surface area (Å²) in [4.78, 5) is 20.4. The number of aromatic nitrogens is 4. The molecule has 4 heterocycles. The molecule has 2 aromatic carbocycles. The van der Waals surface area contributed by atoms with E-state index in [1.807, 2.05) is 0 Å². The second kappa shape index (κ2) is 9.92. The van der Waals surface area contributed by atoms with E-state index in [4.69, 9.17) is 33.9 Å². The number of imidazole rings is 2. The van der Waals surface area contributed by atoms with E-state index in [1.54, 1.807) is 71.3 Å². The smallest absolute Gasteiger partial charge is 0.286 e. The van der Waals surface area contributed by atoms with Gasteiger partial charge in [0.1, 0.15) is 23.5 Å². The highest BCUT2D eigenvalue weighted by Crippen LogP contribution is 2.40. The lowest BCUT2D eigenvalue weighted by Gasteiger charge is -2.20. The van der Waals surface area contributed by atoms with Gasteiger partial charge < -0.3 is 15.9 Å². The molecule has 2 atom stereocenters. The lowest BCUT2D eigenvalue weighted by molar-refractivity contribution is -0.385. The number of hydrogen-bond donors (Lipinski definition) is 3. The maximum atomic E-state index is 11.8. The van der Waals surface area contributed by atoms with Crippen molar-refractivity contribution in [3.63, 3.8) is 0 Å². The molecule has 0 saturated carbocycles. The molecular formula is C28H20Cl2N6O4. The molecule has 0 aliphatic carbocycles. The topological polar surface area (TPSA) is 144 Å². The quantitative estimate of drug-likeness (QED) is 0.166. The molecule has 0 amide bonds. The van der Waals surface area contributed by atoms with Crippen LogP contribution in [0.1, 0.15) is 23.6 Å². The number of nitrogens with zero attached hydrogens (tertiary/aromatic N) is 5. The largest absolute Gasteiger partial charge is 0.398 e. The van der Waals surface area contributed by atoms with Gasteiger partial charge in [-0.05, 0) is 42.5 Å². The molecule has 0 bridgehead atoms. The molecule has 0 radical (unpaired) electrons. The first kappa shape index (κ1) is 25.8. The minimum absolute atomic E-state index is 0.148. The van der Waals surface area contributed by atoms with E-state index in [-0.39, 0.29) is 17.1 Å². The fraction of sp³-hybridized carbons (Fsp3) is 0.0714. The number of nitrogens with two attached hydrogens (primary N) is 1. The number of hydrogen-bond acceptors (Lipinski definition) is 7. The van der Waals surface area contributed by atoms with Gasteiger partial charge in [0.05, 0.1) is 33.9 Å². The van der Waals surface area contributed by atoms with E-state index in [1.165, 1.54) is 22.7 Å². The summed E-state index contributed by atoms with van der Waals surface area (Å²) < 4.78 is 3.02. The van der Waals surface area contributed by atoms with Crippen LogP contribution in [0, 0.1) is 10.1 Å². The maximum Gasteiger partial charge on any atom is 0.286 e. The highest BCUT2D eigenvalue weighted by atomic mass is 35.5. The van der Waals surface area contributed by atoms with Crippen LogP contribution in [0.25, 0.3) is 33.8 Å². The first-order chi connectivity index (χ1) is 19.2. The van der Waals surface area contributed by atoms with Gasteiger partial charge >= 0.3 is 0 Å². The predicted octanol–water partition coefficient (Wildman–Crippen LogP) is 5.88. The van der Waals surface area contributed by atoms with Crippen LogP contribution in [0.15, 0.2) is 85.2 Å². The summed E-state index contributed by atoms with van der Waals surface area (Å²) in [6, 6.07) is 19.9. The van der Waals surface area contributed by atoms with Gasteiger partial charge in [-0.1, -0.05) is 47.5 Å². The van der Waals surface area contributed by atoms with Crippen molar-refractivity contribution in [1.82, 2.24) is 18.8 Å². The molecule has 6 aromatic rings. The third-order valence-corrected chi connectivity index (χ3v) is 7.13. The van der Waals surface area contributed by atoms with E-state index < -0.39 is 17.1 Å². The molecule has 0 aliphatic rings. The Morgan fingerprint density at radius 3 is 1.65 bits per heavy atom.